The number of rotatable bonds is 6. The van der Waals surface area contributed by atoms with Crippen molar-refractivity contribution in [3.63, 3.8) is 0 Å². The van der Waals surface area contributed by atoms with Crippen LogP contribution in [-0.2, 0) is 16.1 Å². The minimum atomic E-state index is -1.07. The van der Waals surface area contributed by atoms with E-state index >= 15 is 0 Å². The second kappa shape index (κ2) is 8.56. The van der Waals surface area contributed by atoms with Gasteiger partial charge in [-0.1, -0.05) is 12.1 Å². The van der Waals surface area contributed by atoms with Crippen LogP contribution in [0.5, 0.6) is 0 Å². The van der Waals surface area contributed by atoms with Gasteiger partial charge in [0.25, 0.3) is 0 Å². The average molecular weight is 376 g/mol. The molecule has 4 rings (SSSR count). The number of carbonyl (C=O) groups is 2. The topological polar surface area (TPSA) is 90.3 Å². The largest absolute Gasteiger partial charge is 1.00 e. The molecule has 7 nitrogen and oxygen atoms in total. The number of likely N-dealkylation sites (tertiary alicyclic amines) is 1. The summed E-state index contributed by atoms with van der Waals surface area (Å²) < 4.78 is 1.90. The van der Waals surface area contributed by atoms with E-state index in [9.17, 15) is 14.7 Å². The van der Waals surface area contributed by atoms with E-state index in [0.29, 0.717) is 19.4 Å². The first-order chi connectivity index (χ1) is 12.6. The predicted molar refractivity (Wildman–Crippen MR) is 92.1 cm³/mol. The van der Waals surface area contributed by atoms with E-state index in [4.69, 9.17) is 0 Å². The number of carboxylic acids is 1. The van der Waals surface area contributed by atoms with Crippen molar-refractivity contribution in [2.24, 2.45) is 0 Å². The van der Waals surface area contributed by atoms with Gasteiger partial charge in [-0.25, -0.2) is 4.98 Å². The van der Waals surface area contributed by atoms with E-state index in [-0.39, 0.29) is 47.5 Å². The smallest absolute Gasteiger partial charge is 0.548 e. The van der Waals surface area contributed by atoms with Gasteiger partial charge in [0.05, 0.1) is 24.4 Å². The fraction of sp³-hybridized carbons (Fsp3) is 0.421. The SMILES string of the molecule is O=C([O-])C1CCC(C(=O)NCc2cccc(-n3ccnc3)c2)N1C1CC1.[Na+]. The molecule has 1 aliphatic carbocycles. The van der Waals surface area contributed by atoms with Crippen LogP contribution >= 0.6 is 0 Å². The molecule has 0 bridgehead atoms. The Morgan fingerprint density at radius 2 is 1.96 bits per heavy atom. The summed E-state index contributed by atoms with van der Waals surface area (Å²) in [5.41, 5.74) is 1.96. The molecule has 1 aromatic heterocycles. The molecule has 2 fully saturated rings. The van der Waals surface area contributed by atoms with Crippen LogP contribution in [0.1, 0.15) is 31.2 Å². The molecule has 1 saturated carbocycles. The van der Waals surface area contributed by atoms with Crippen molar-refractivity contribution in [2.45, 2.75) is 50.4 Å². The fourth-order valence-corrected chi connectivity index (χ4v) is 3.76. The van der Waals surface area contributed by atoms with Gasteiger partial charge in [0, 0.05) is 30.7 Å². The number of hydrogen-bond acceptors (Lipinski definition) is 5. The van der Waals surface area contributed by atoms with Crippen LogP contribution in [-0.4, -0.2) is 44.5 Å². The molecule has 2 heterocycles. The molecule has 1 aromatic carbocycles. The standard InChI is InChI=1S/C19H22N4O3.Na/c24-18(16-6-7-17(19(25)26)23(16)14-4-5-14)21-11-13-2-1-3-15(10-13)22-9-8-20-12-22;/h1-3,8-10,12,14,16-17H,4-7,11H2,(H,21,24)(H,25,26);/q;+1/p-1. The third kappa shape index (κ3) is 4.43. The van der Waals surface area contributed by atoms with Crippen LogP contribution in [0.3, 0.4) is 0 Å². The molecule has 2 aliphatic rings. The Hall–Kier alpha value is -1.67. The van der Waals surface area contributed by atoms with Gasteiger partial charge in [-0.2, -0.15) is 0 Å². The van der Waals surface area contributed by atoms with Gasteiger partial charge in [-0.15, -0.1) is 0 Å². The zero-order chi connectivity index (χ0) is 18.1. The Morgan fingerprint density at radius 1 is 1.19 bits per heavy atom. The molecule has 2 atom stereocenters. The monoisotopic (exact) mass is 376 g/mol. The number of hydrogen-bond donors (Lipinski definition) is 1. The summed E-state index contributed by atoms with van der Waals surface area (Å²) in [6.07, 6.45) is 8.27. The number of carbonyl (C=O) groups excluding carboxylic acids is 2. The van der Waals surface area contributed by atoms with E-state index in [1.54, 1.807) is 12.5 Å². The molecule has 136 valence electrons. The summed E-state index contributed by atoms with van der Waals surface area (Å²) in [6, 6.07) is 7.07. The number of nitrogens with one attached hydrogen (secondary N) is 1. The number of aromatic nitrogens is 2. The second-order valence-corrected chi connectivity index (χ2v) is 6.96. The molecule has 1 amide bonds. The van der Waals surface area contributed by atoms with Gasteiger partial charge in [0.2, 0.25) is 5.91 Å². The Balaban J connectivity index is 0.00000210. The molecule has 27 heavy (non-hydrogen) atoms. The fourth-order valence-electron chi connectivity index (χ4n) is 3.76. The van der Waals surface area contributed by atoms with Gasteiger partial charge in [0.1, 0.15) is 0 Å². The van der Waals surface area contributed by atoms with E-state index in [1.807, 2.05) is 39.9 Å². The maximum absolute atomic E-state index is 12.7. The summed E-state index contributed by atoms with van der Waals surface area (Å²) in [5.74, 6) is -1.17. The van der Waals surface area contributed by atoms with Crippen molar-refractivity contribution in [1.29, 1.82) is 0 Å². The van der Waals surface area contributed by atoms with Crippen molar-refractivity contribution in [1.82, 2.24) is 19.8 Å². The van der Waals surface area contributed by atoms with E-state index in [0.717, 1.165) is 24.1 Å². The number of nitrogens with zero attached hydrogens (tertiary/aromatic N) is 3. The van der Waals surface area contributed by atoms with Gasteiger partial charge in [-0.05, 0) is 43.4 Å². The minimum absolute atomic E-state index is 0. The van der Waals surface area contributed by atoms with Gasteiger partial charge in [0.15, 0.2) is 0 Å². The predicted octanol–water partition coefficient (Wildman–Crippen LogP) is -2.76. The summed E-state index contributed by atoms with van der Waals surface area (Å²) in [4.78, 5) is 29.9. The first-order valence-electron chi connectivity index (χ1n) is 8.97. The van der Waals surface area contributed by atoms with Crippen molar-refractivity contribution in [3.05, 3.63) is 48.5 Å². The Labute approximate surface area is 180 Å². The third-order valence-corrected chi connectivity index (χ3v) is 5.16. The molecule has 8 heteroatoms. The van der Waals surface area contributed by atoms with Crippen LogP contribution in [0.2, 0.25) is 0 Å². The molecule has 2 aromatic rings. The first-order valence-corrected chi connectivity index (χ1v) is 8.97. The number of imidazole rings is 1. The van der Waals surface area contributed by atoms with Crippen molar-refractivity contribution < 1.29 is 44.3 Å². The number of aliphatic carboxylic acids is 1. The summed E-state index contributed by atoms with van der Waals surface area (Å²) >= 11 is 0. The molecule has 1 saturated heterocycles. The molecule has 2 unspecified atom stereocenters. The van der Waals surface area contributed by atoms with E-state index < -0.39 is 12.0 Å². The molecule has 1 aliphatic heterocycles. The number of amides is 1. The van der Waals surface area contributed by atoms with Crippen LogP contribution in [0.15, 0.2) is 43.0 Å². The average Bonchev–Trinajstić information content (AvgIpc) is 3.16. The molecule has 0 spiro atoms. The number of benzene rings is 1. The molecule has 0 radical (unpaired) electrons. The third-order valence-electron chi connectivity index (χ3n) is 5.16. The Kier molecular flexibility index (Phi) is 6.37. The van der Waals surface area contributed by atoms with Crippen molar-refractivity contribution in [3.8, 4) is 5.69 Å². The maximum Gasteiger partial charge on any atom is 1.00 e. The van der Waals surface area contributed by atoms with Crippen LogP contribution in [0.25, 0.3) is 5.69 Å². The minimum Gasteiger partial charge on any atom is -0.548 e. The molecular formula is C19H21N4NaO3. The summed E-state index contributed by atoms with van der Waals surface area (Å²) in [7, 11) is 0. The molecule has 1 N–H and O–H groups in total. The normalized spacial score (nSPS) is 22.2. The van der Waals surface area contributed by atoms with Crippen LogP contribution < -0.4 is 40.0 Å². The second-order valence-electron chi connectivity index (χ2n) is 6.96. The zero-order valence-corrected chi connectivity index (χ0v) is 17.4. The summed E-state index contributed by atoms with van der Waals surface area (Å²) in [6.45, 7) is 0.409. The van der Waals surface area contributed by atoms with Gasteiger partial charge >= 0.3 is 29.6 Å². The van der Waals surface area contributed by atoms with Crippen LogP contribution in [0, 0.1) is 0 Å². The summed E-state index contributed by atoms with van der Waals surface area (Å²) in [5, 5.41) is 14.3. The Bertz CT molecular complexity index is 807. The first kappa shape index (κ1) is 20.1. The maximum atomic E-state index is 12.7. The van der Waals surface area contributed by atoms with Crippen molar-refractivity contribution >= 4 is 11.9 Å². The van der Waals surface area contributed by atoms with E-state index in [2.05, 4.69) is 10.3 Å². The quantitative estimate of drug-likeness (QED) is 0.552. The Morgan fingerprint density at radius 3 is 2.63 bits per heavy atom. The van der Waals surface area contributed by atoms with Crippen molar-refractivity contribution in [2.75, 3.05) is 0 Å². The zero-order valence-electron chi connectivity index (χ0n) is 15.4. The van der Waals surface area contributed by atoms with Gasteiger partial charge in [-0.3, -0.25) is 9.69 Å². The number of carboxylic acid groups (broad SMARTS) is 1. The van der Waals surface area contributed by atoms with Gasteiger partial charge < -0.3 is 19.8 Å². The van der Waals surface area contributed by atoms with Crippen LogP contribution in [0.4, 0.5) is 0 Å². The molecular weight excluding hydrogens is 355 g/mol. The van der Waals surface area contributed by atoms with E-state index in [1.165, 1.54) is 0 Å².